The van der Waals surface area contributed by atoms with Gasteiger partial charge in [0.1, 0.15) is 0 Å². The largest absolute Gasteiger partial charge is 0.481 e. The van der Waals surface area contributed by atoms with Crippen molar-refractivity contribution in [2.24, 2.45) is 17.8 Å². The molecular weight excluding hydrogens is 220 g/mol. The molecule has 96 valence electrons. The number of aliphatic carboxylic acids is 1. The van der Waals surface area contributed by atoms with Gasteiger partial charge < -0.3 is 15.7 Å². The lowest BCUT2D eigenvalue weighted by Gasteiger charge is -2.17. The number of hydrogen-bond acceptors (Lipinski definition) is 2. The predicted molar refractivity (Wildman–Crippen MR) is 62.6 cm³/mol. The van der Waals surface area contributed by atoms with Gasteiger partial charge in [0, 0.05) is 12.6 Å². The zero-order valence-electron chi connectivity index (χ0n) is 10.1. The fourth-order valence-corrected chi connectivity index (χ4v) is 2.56. The minimum atomic E-state index is -0.802. The van der Waals surface area contributed by atoms with Crippen LogP contribution in [0, 0.1) is 17.8 Å². The maximum atomic E-state index is 11.6. The van der Waals surface area contributed by atoms with E-state index in [0.29, 0.717) is 24.8 Å². The second-order valence-corrected chi connectivity index (χ2v) is 5.31. The predicted octanol–water partition coefficient (Wildman–Crippen LogP) is 1.19. The molecule has 2 aliphatic carbocycles. The topological polar surface area (TPSA) is 78.4 Å². The third-order valence-electron chi connectivity index (χ3n) is 3.95. The molecule has 4 atom stereocenters. The van der Waals surface area contributed by atoms with E-state index in [2.05, 4.69) is 17.6 Å². The van der Waals surface area contributed by atoms with Crippen LogP contribution in [-0.2, 0) is 4.79 Å². The molecule has 5 heteroatoms. The first-order valence-electron chi connectivity index (χ1n) is 6.35. The Morgan fingerprint density at radius 3 is 2.65 bits per heavy atom. The highest BCUT2D eigenvalue weighted by atomic mass is 16.4. The number of carboxylic acid groups (broad SMARTS) is 1. The average Bonchev–Trinajstić information content (AvgIpc) is 2.76. The highest BCUT2D eigenvalue weighted by Gasteiger charge is 2.35. The monoisotopic (exact) mass is 240 g/mol. The zero-order chi connectivity index (χ0) is 12.4. The van der Waals surface area contributed by atoms with Crippen LogP contribution in [0.15, 0.2) is 0 Å². The van der Waals surface area contributed by atoms with Gasteiger partial charge in [-0.25, -0.2) is 4.79 Å². The van der Waals surface area contributed by atoms with E-state index in [9.17, 15) is 9.59 Å². The van der Waals surface area contributed by atoms with Crippen molar-refractivity contribution < 1.29 is 14.7 Å². The van der Waals surface area contributed by atoms with Gasteiger partial charge in [0.15, 0.2) is 0 Å². The van der Waals surface area contributed by atoms with Gasteiger partial charge in [0.2, 0.25) is 0 Å². The summed E-state index contributed by atoms with van der Waals surface area (Å²) in [4.78, 5) is 22.5. The first-order chi connectivity index (χ1) is 8.08. The fourth-order valence-electron chi connectivity index (χ4n) is 2.56. The van der Waals surface area contributed by atoms with Gasteiger partial charge in [-0.05, 0) is 31.1 Å². The lowest BCUT2D eigenvalue weighted by atomic mass is 10.0. The van der Waals surface area contributed by atoms with E-state index in [1.54, 1.807) is 0 Å². The van der Waals surface area contributed by atoms with Crippen molar-refractivity contribution in [2.75, 3.05) is 6.54 Å². The molecule has 5 nitrogen and oxygen atoms in total. The van der Waals surface area contributed by atoms with Crippen molar-refractivity contribution >= 4 is 12.0 Å². The highest BCUT2D eigenvalue weighted by molar-refractivity contribution is 5.77. The van der Waals surface area contributed by atoms with Crippen LogP contribution in [0.5, 0.6) is 0 Å². The van der Waals surface area contributed by atoms with E-state index in [1.165, 1.54) is 6.42 Å². The van der Waals surface area contributed by atoms with Crippen LogP contribution in [0.3, 0.4) is 0 Å². The molecule has 3 N–H and O–H groups in total. The first-order valence-corrected chi connectivity index (χ1v) is 6.35. The molecule has 2 aliphatic rings. The second kappa shape index (κ2) is 4.94. The second-order valence-electron chi connectivity index (χ2n) is 5.31. The molecule has 0 spiro atoms. The molecule has 2 saturated carbocycles. The van der Waals surface area contributed by atoms with Crippen LogP contribution >= 0.6 is 0 Å². The summed E-state index contributed by atoms with van der Waals surface area (Å²) in [6.45, 7) is 2.87. The van der Waals surface area contributed by atoms with E-state index >= 15 is 0 Å². The van der Waals surface area contributed by atoms with Crippen molar-refractivity contribution in [1.82, 2.24) is 10.6 Å². The average molecular weight is 240 g/mol. The van der Waals surface area contributed by atoms with Crippen molar-refractivity contribution in [3.05, 3.63) is 0 Å². The Hall–Kier alpha value is -1.26. The van der Waals surface area contributed by atoms with Gasteiger partial charge in [0.25, 0.3) is 0 Å². The Balaban J connectivity index is 1.72. The number of carbonyl (C=O) groups excluding carboxylic acids is 1. The molecule has 0 saturated heterocycles. The van der Waals surface area contributed by atoms with Crippen molar-refractivity contribution in [3.8, 4) is 0 Å². The summed E-state index contributed by atoms with van der Waals surface area (Å²) in [6, 6.07) is -0.425. The zero-order valence-corrected chi connectivity index (χ0v) is 10.1. The molecule has 2 amide bonds. The molecule has 17 heavy (non-hydrogen) atoms. The Kier molecular flexibility index (Phi) is 3.54. The summed E-state index contributed by atoms with van der Waals surface area (Å²) >= 11 is 0. The van der Waals surface area contributed by atoms with Crippen LogP contribution in [0.4, 0.5) is 4.79 Å². The number of urea groups is 1. The van der Waals surface area contributed by atoms with E-state index in [0.717, 1.165) is 12.8 Å². The highest BCUT2D eigenvalue weighted by Crippen LogP contribution is 2.36. The lowest BCUT2D eigenvalue weighted by molar-refractivity contribution is -0.142. The van der Waals surface area contributed by atoms with Crippen molar-refractivity contribution in [2.45, 2.75) is 38.6 Å². The summed E-state index contributed by atoms with van der Waals surface area (Å²) in [5, 5.41) is 14.6. The van der Waals surface area contributed by atoms with E-state index in [4.69, 9.17) is 5.11 Å². The number of hydrogen-bond donors (Lipinski definition) is 3. The quantitative estimate of drug-likeness (QED) is 0.690. The normalized spacial score (nSPS) is 35.4. The third-order valence-corrected chi connectivity index (χ3v) is 3.95. The fraction of sp³-hybridized carbons (Fsp3) is 0.833. The molecule has 0 heterocycles. The van der Waals surface area contributed by atoms with E-state index in [1.807, 2.05) is 0 Å². The number of nitrogens with one attached hydrogen (secondary N) is 2. The van der Waals surface area contributed by atoms with E-state index < -0.39 is 11.9 Å². The molecule has 0 aliphatic heterocycles. The summed E-state index contributed by atoms with van der Waals surface area (Å²) in [5.74, 6) is 0.109. The Bertz CT molecular complexity index is 319. The molecule has 4 unspecified atom stereocenters. The van der Waals surface area contributed by atoms with Gasteiger partial charge >= 0.3 is 12.0 Å². The molecule has 0 aromatic carbocycles. The molecule has 0 aromatic rings. The Morgan fingerprint density at radius 1 is 1.35 bits per heavy atom. The van der Waals surface area contributed by atoms with Crippen molar-refractivity contribution in [1.29, 1.82) is 0 Å². The minimum absolute atomic E-state index is 0.205. The van der Waals surface area contributed by atoms with E-state index in [-0.39, 0.29) is 12.1 Å². The Labute approximate surface area is 101 Å². The number of amides is 2. The van der Waals surface area contributed by atoms with Crippen LogP contribution in [0.25, 0.3) is 0 Å². The molecule has 0 bridgehead atoms. The van der Waals surface area contributed by atoms with Crippen LogP contribution in [0.2, 0.25) is 0 Å². The molecule has 2 rings (SSSR count). The minimum Gasteiger partial charge on any atom is -0.481 e. The maximum absolute atomic E-state index is 11.6. The molecule has 0 aromatic heterocycles. The van der Waals surface area contributed by atoms with Gasteiger partial charge in [0.05, 0.1) is 5.92 Å². The summed E-state index contributed by atoms with van der Waals surface area (Å²) in [5.41, 5.74) is 0. The maximum Gasteiger partial charge on any atom is 0.315 e. The van der Waals surface area contributed by atoms with Gasteiger partial charge in [-0.3, -0.25) is 4.79 Å². The number of rotatable bonds is 4. The molecule has 2 fully saturated rings. The standard InChI is InChI=1S/C12H20N2O3/c1-7-5-8(7)6-13-12(17)14-10-4-2-3-9(10)11(15)16/h7-10H,2-6H2,1H3,(H,15,16)(H2,13,14,17). The Morgan fingerprint density at radius 2 is 2.06 bits per heavy atom. The summed E-state index contributed by atoms with van der Waals surface area (Å²) < 4.78 is 0. The third kappa shape index (κ3) is 3.11. The van der Waals surface area contributed by atoms with Crippen LogP contribution in [-0.4, -0.2) is 29.7 Å². The summed E-state index contributed by atoms with van der Waals surface area (Å²) in [7, 11) is 0. The summed E-state index contributed by atoms with van der Waals surface area (Å²) in [6.07, 6.45) is 3.49. The molecular formula is C12H20N2O3. The number of carboxylic acids is 1. The van der Waals surface area contributed by atoms with Gasteiger partial charge in [-0.15, -0.1) is 0 Å². The van der Waals surface area contributed by atoms with Gasteiger partial charge in [-0.2, -0.15) is 0 Å². The van der Waals surface area contributed by atoms with Gasteiger partial charge in [-0.1, -0.05) is 13.3 Å². The molecule has 0 radical (unpaired) electrons. The SMILES string of the molecule is CC1CC1CNC(=O)NC1CCCC1C(=O)O. The smallest absolute Gasteiger partial charge is 0.315 e. The first kappa shape index (κ1) is 12.2. The van der Waals surface area contributed by atoms with Crippen molar-refractivity contribution in [3.63, 3.8) is 0 Å². The van der Waals surface area contributed by atoms with Crippen LogP contribution < -0.4 is 10.6 Å². The number of carbonyl (C=O) groups is 2. The van der Waals surface area contributed by atoms with Crippen LogP contribution in [0.1, 0.15) is 32.6 Å². The lowest BCUT2D eigenvalue weighted by Crippen LogP contribution is -2.45.